The van der Waals surface area contributed by atoms with Gasteiger partial charge in [-0.05, 0) is 43.1 Å². The van der Waals surface area contributed by atoms with Crippen molar-refractivity contribution in [1.29, 1.82) is 0 Å². The fraction of sp³-hybridized carbons (Fsp3) is 0.435. The minimum atomic E-state index is 0.0703. The SMILES string of the molecule is C/C=C\C(=NC1CC(c2ccccc2)=CC=C1C)C(C)(C)C.CC. The van der Waals surface area contributed by atoms with E-state index in [-0.39, 0.29) is 11.5 Å². The zero-order valence-corrected chi connectivity index (χ0v) is 16.4. The summed E-state index contributed by atoms with van der Waals surface area (Å²) in [5.41, 5.74) is 5.25. The van der Waals surface area contributed by atoms with E-state index in [0.29, 0.717) is 0 Å². The molecule has 1 atom stereocenters. The van der Waals surface area contributed by atoms with Gasteiger partial charge in [0.2, 0.25) is 0 Å². The summed E-state index contributed by atoms with van der Waals surface area (Å²) >= 11 is 0. The Kier molecular flexibility index (Phi) is 7.91. The van der Waals surface area contributed by atoms with Crippen LogP contribution in [-0.4, -0.2) is 11.8 Å². The topological polar surface area (TPSA) is 12.4 Å². The van der Waals surface area contributed by atoms with Crippen LogP contribution in [0.25, 0.3) is 5.57 Å². The largest absolute Gasteiger partial charge is 0.281 e. The lowest BCUT2D eigenvalue weighted by Gasteiger charge is -2.25. The summed E-state index contributed by atoms with van der Waals surface area (Å²) in [6.45, 7) is 14.9. The van der Waals surface area contributed by atoms with Crippen molar-refractivity contribution < 1.29 is 0 Å². The molecule has 1 heteroatoms. The first kappa shape index (κ1) is 20.2. The molecule has 1 aliphatic carbocycles. The third-order valence-electron chi connectivity index (χ3n) is 4.02. The average Bonchev–Trinajstić information content (AvgIpc) is 2.58. The van der Waals surface area contributed by atoms with Gasteiger partial charge in [0.25, 0.3) is 0 Å². The minimum absolute atomic E-state index is 0.0703. The maximum Gasteiger partial charge on any atom is 0.0753 e. The summed E-state index contributed by atoms with van der Waals surface area (Å²) in [5, 5.41) is 0. The minimum Gasteiger partial charge on any atom is -0.281 e. The first-order valence-electron chi connectivity index (χ1n) is 9.05. The molecule has 1 aliphatic rings. The normalized spacial score (nSPS) is 18.6. The molecule has 0 saturated heterocycles. The molecule has 1 aromatic rings. The van der Waals surface area contributed by atoms with Gasteiger partial charge in [-0.1, -0.05) is 83.2 Å². The predicted octanol–water partition coefficient (Wildman–Crippen LogP) is 6.88. The molecule has 0 radical (unpaired) electrons. The molecule has 1 nitrogen and oxygen atoms in total. The Hall–Kier alpha value is -1.89. The van der Waals surface area contributed by atoms with Crippen LogP contribution in [0.1, 0.15) is 60.5 Å². The van der Waals surface area contributed by atoms with Crippen LogP contribution in [0.5, 0.6) is 0 Å². The molecule has 0 bridgehead atoms. The van der Waals surface area contributed by atoms with Crippen molar-refractivity contribution in [2.24, 2.45) is 10.4 Å². The number of aliphatic imine (C=N–C) groups is 1. The van der Waals surface area contributed by atoms with Gasteiger partial charge in [0.1, 0.15) is 0 Å². The Bertz CT molecular complexity index is 622. The van der Waals surface area contributed by atoms with Gasteiger partial charge < -0.3 is 0 Å². The fourth-order valence-electron chi connectivity index (χ4n) is 2.61. The third kappa shape index (κ3) is 5.63. The van der Waals surface area contributed by atoms with Crippen molar-refractivity contribution in [2.75, 3.05) is 0 Å². The lowest BCUT2D eigenvalue weighted by Crippen LogP contribution is -2.22. The summed E-state index contributed by atoms with van der Waals surface area (Å²) in [6, 6.07) is 10.9. The highest BCUT2D eigenvalue weighted by Crippen LogP contribution is 2.30. The van der Waals surface area contributed by atoms with Crippen LogP contribution in [0.3, 0.4) is 0 Å². The van der Waals surface area contributed by atoms with Gasteiger partial charge in [-0.2, -0.15) is 0 Å². The average molecular weight is 324 g/mol. The predicted molar refractivity (Wildman–Crippen MR) is 110 cm³/mol. The molecule has 130 valence electrons. The van der Waals surface area contributed by atoms with E-state index in [1.54, 1.807) is 0 Å². The van der Waals surface area contributed by atoms with Crippen molar-refractivity contribution in [1.82, 2.24) is 0 Å². The van der Waals surface area contributed by atoms with Crippen LogP contribution in [0.15, 0.2) is 65.2 Å². The first-order valence-corrected chi connectivity index (χ1v) is 9.05. The van der Waals surface area contributed by atoms with Gasteiger partial charge in [0.15, 0.2) is 0 Å². The second kappa shape index (κ2) is 9.42. The van der Waals surface area contributed by atoms with E-state index in [1.807, 2.05) is 13.8 Å². The molecule has 0 amide bonds. The van der Waals surface area contributed by atoms with Gasteiger partial charge in [-0.3, -0.25) is 4.99 Å². The Labute approximate surface area is 148 Å². The molecular weight excluding hydrogens is 290 g/mol. The van der Waals surface area contributed by atoms with Crippen molar-refractivity contribution in [3.63, 3.8) is 0 Å². The standard InChI is InChI=1S/C21H27N.C2H6/c1-6-10-20(21(3,4)5)22-19-15-18(14-13-16(19)2)17-11-8-7-9-12-17;1-2/h6-14,19H,15H2,1-5H3;1-2H3/b10-6-,22-20?;. The Morgan fingerprint density at radius 2 is 1.71 bits per heavy atom. The number of allylic oxidation sites excluding steroid dienone is 4. The van der Waals surface area contributed by atoms with E-state index < -0.39 is 0 Å². The second-order valence-electron chi connectivity index (χ2n) is 6.95. The number of benzene rings is 1. The molecule has 0 heterocycles. The molecule has 2 rings (SSSR count). The van der Waals surface area contributed by atoms with E-state index in [2.05, 4.69) is 89.3 Å². The summed E-state index contributed by atoms with van der Waals surface area (Å²) in [6.07, 6.45) is 9.66. The molecule has 0 N–H and O–H groups in total. The van der Waals surface area contributed by atoms with Gasteiger partial charge >= 0.3 is 0 Å². The quantitative estimate of drug-likeness (QED) is 0.538. The van der Waals surface area contributed by atoms with Crippen molar-refractivity contribution in [3.05, 3.63) is 65.8 Å². The molecule has 0 fully saturated rings. The lowest BCUT2D eigenvalue weighted by molar-refractivity contribution is 0.585. The van der Waals surface area contributed by atoms with Crippen LogP contribution in [0.4, 0.5) is 0 Å². The Morgan fingerprint density at radius 1 is 1.08 bits per heavy atom. The fourth-order valence-corrected chi connectivity index (χ4v) is 2.61. The molecule has 1 unspecified atom stereocenters. The van der Waals surface area contributed by atoms with Crippen LogP contribution in [0.2, 0.25) is 0 Å². The summed E-state index contributed by atoms with van der Waals surface area (Å²) in [7, 11) is 0. The van der Waals surface area contributed by atoms with E-state index in [1.165, 1.54) is 22.4 Å². The van der Waals surface area contributed by atoms with Crippen LogP contribution in [-0.2, 0) is 0 Å². The monoisotopic (exact) mass is 323 g/mol. The van der Waals surface area contributed by atoms with Gasteiger partial charge in [0, 0.05) is 11.1 Å². The number of hydrogen-bond acceptors (Lipinski definition) is 1. The highest BCUT2D eigenvalue weighted by atomic mass is 14.8. The lowest BCUT2D eigenvalue weighted by atomic mass is 9.87. The summed E-state index contributed by atoms with van der Waals surface area (Å²) in [5.74, 6) is 0. The highest BCUT2D eigenvalue weighted by Gasteiger charge is 2.21. The summed E-state index contributed by atoms with van der Waals surface area (Å²) in [4.78, 5) is 5.07. The van der Waals surface area contributed by atoms with E-state index in [4.69, 9.17) is 4.99 Å². The summed E-state index contributed by atoms with van der Waals surface area (Å²) < 4.78 is 0. The Morgan fingerprint density at radius 3 is 2.25 bits per heavy atom. The first-order chi connectivity index (χ1) is 11.4. The highest BCUT2D eigenvalue weighted by molar-refractivity contribution is 5.99. The van der Waals surface area contributed by atoms with E-state index in [0.717, 1.165) is 6.42 Å². The molecular formula is C23H33N. The van der Waals surface area contributed by atoms with Gasteiger partial charge in [-0.25, -0.2) is 0 Å². The van der Waals surface area contributed by atoms with Crippen LogP contribution < -0.4 is 0 Å². The number of nitrogens with zero attached hydrogens (tertiary/aromatic N) is 1. The molecule has 0 aromatic heterocycles. The zero-order chi connectivity index (χ0) is 18.2. The second-order valence-corrected chi connectivity index (χ2v) is 6.95. The van der Waals surface area contributed by atoms with Crippen molar-refractivity contribution >= 4 is 11.3 Å². The molecule has 24 heavy (non-hydrogen) atoms. The van der Waals surface area contributed by atoms with E-state index in [9.17, 15) is 0 Å². The third-order valence-corrected chi connectivity index (χ3v) is 4.02. The molecule has 0 aliphatic heterocycles. The van der Waals surface area contributed by atoms with Crippen molar-refractivity contribution in [2.45, 2.75) is 60.9 Å². The molecule has 0 spiro atoms. The van der Waals surface area contributed by atoms with Gasteiger partial charge in [-0.15, -0.1) is 0 Å². The van der Waals surface area contributed by atoms with Gasteiger partial charge in [0.05, 0.1) is 6.04 Å². The van der Waals surface area contributed by atoms with Crippen molar-refractivity contribution in [3.8, 4) is 0 Å². The Balaban J connectivity index is 0.00000139. The maximum atomic E-state index is 5.07. The van der Waals surface area contributed by atoms with E-state index >= 15 is 0 Å². The number of rotatable bonds is 3. The number of hydrogen-bond donors (Lipinski definition) is 0. The smallest absolute Gasteiger partial charge is 0.0753 e. The van der Waals surface area contributed by atoms with Crippen LogP contribution >= 0.6 is 0 Å². The molecule has 1 aromatic carbocycles. The zero-order valence-electron chi connectivity index (χ0n) is 16.4. The molecule has 0 saturated carbocycles. The van der Waals surface area contributed by atoms with Crippen LogP contribution in [0, 0.1) is 5.41 Å². The maximum absolute atomic E-state index is 5.07.